The van der Waals surface area contributed by atoms with Gasteiger partial charge in [0.15, 0.2) is 0 Å². The molecule has 1 heterocycles. The number of amides is 1. The lowest BCUT2D eigenvalue weighted by Gasteiger charge is -2.21. The van der Waals surface area contributed by atoms with Crippen molar-refractivity contribution in [2.24, 2.45) is 5.92 Å². The quantitative estimate of drug-likeness (QED) is 0.892. The SMILES string of the molecule is O=C(Nc1ccc(SC2CCCC2)cc1)C1CCCNC1. The van der Waals surface area contributed by atoms with Crippen LogP contribution in [0, 0.1) is 5.92 Å². The van der Waals surface area contributed by atoms with Gasteiger partial charge in [0.2, 0.25) is 5.91 Å². The Kier molecular flexibility index (Phi) is 5.20. The van der Waals surface area contributed by atoms with Gasteiger partial charge in [0.05, 0.1) is 5.92 Å². The molecule has 0 bridgehead atoms. The van der Waals surface area contributed by atoms with Crippen molar-refractivity contribution in [3.63, 3.8) is 0 Å². The molecular formula is C17H24N2OS. The fourth-order valence-electron chi connectivity index (χ4n) is 3.14. The number of rotatable bonds is 4. The van der Waals surface area contributed by atoms with Gasteiger partial charge in [-0.05, 0) is 56.5 Å². The number of thioether (sulfide) groups is 1. The van der Waals surface area contributed by atoms with Crippen molar-refractivity contribution in [2.75, 3.05) is 18.4 Å². The summed E-state index contributed by atoms with van der Waals surface area (Å²) in [4.78, 5) is 13.5. The van der Waals surface area contributed by atoms with E-state index < -0.39 is 0 Å². The van der Waals surface area contributed by atoms with Crippen molar-refractivity contribution in [1.82, 2.24) is 5.32 Å². The van der Waals surface area contributed by atoms with Crippen LogP contribution in [-0.4, -0.2) is 24.2 Å². The zero-order valence-corrected chi connectivity index (χ0v) is 13.3. The second kappa shape index (κ2) is 7.32. The van der Waals surface area contributed by atoms with E-state index >= 15 is 0 Å². The molecule has 1 unspecified atom stereocenters. The van der Waals surface area contributed by atoms with Gasteiger partial charge in [0, 0.05) is 22.4 Å². The number of carbonyl (C=O) groups excluding carboxylic acids is 1. The highest BCUT2D eigenvalue weighted by atomic mass is 32.2. The zero-order chi connectivity index (χ0) is 14.5. The summed E-state index contributed by atoms with van der Waals surface area (Å²) in [6.45, 7) is 1.85. The van der Waals surface area contributed by atoms with Gasteiger partial charge in [-0.15, -0.1) is 11.8 Å². The van der Waals surface area contributed by atoms with Gasteiger partial charge in [-0.1, -0.05) is 12.8 Å². The fourth-order valence-corrected chi connectivity index (χ4v) is 4.38. The maximum atomic E-state index is 12.2. The van der Waals surface area contributed by atoms with E-state index in [-0.39, 0.29) is 11.8 Å². The first kappa shape index (κ1) is 14.9. The van der Waals surface area contributed by atoms with Gasteiger partial charge < -0.3 is 10.6 Å². The molecule has 4 heteroatoms. The number of piperidine rings is 1. The topological polar surface area (TPSA) is 41.1 Å². The first-order valence-corrected chi connectivity index (χ1v) is 8.97. The van der Waals surface area contributed by atoms with Crippen molar-refractivity contribution >= 4 is 23.4 Å². The number of hydrogen-bond acceptors (Lipinski definition) is 3. The van der Waals surface area contributed by atoms with Crippen molar-refractivity contribution in [2.45, 2.75) is 48.7 Å². The van der Waals surface area contributed by atoms with Gasteiger partial charge in [-0.2, -0.15) is 0 Å². The molecule has 2 N–H and O–H groups in total. The third-order valence-electron chi connectivity index (χ3n) is 4.39. The van der Waals surface area contributed by atoms with Gasteiger partial charge in [-0.25, -0.2) is 0 Å². The van der Waals surface area contributed by atoms with E-state index in [1.165, 1.54) is 30.6 Å². The molecule has 114 valence electrons. The van der Waals surface area contributed by atoms with Crippen LogP contribution in [0.15, 0.2) is 29.2 Å². The van der Waals surface area contributed by atoms with Crippen LogP contribution >= 0.6 is 11.8 Å². The van der Waals surface area contributed by atoms with Crippen molar-refractivity contribution in [3.8, 4) is 0 Å². The third kappa shape index (κ3) is 4.24. The fraction of sp³-hybridized carbons (Fsp3) is 0.588. The Labute approximate surface area is 131 Å². The smallest absolute Gasteiger partial charge is 0.228 e. The summed E-state index contributed by atoms with van der Waals surface area (Å²) in [7, 11) is 0. The summed E-state index contributed by atoms with van der Waals surface area (Å²) >= 11 is 1.98. The van der Waals surface area contributed by atoms with Crippen LogP contribution in [0.5, 0.6) is 0 Å². The standard InChI is InChI=1S/C17H24N2OS/c20-17(13-4-3-11-18-12-13)19-14-7-9-16(10-8-14)21-15-5-1-2-6-15/h7-10,13,15,18H,1-6,11-12H2,(H,19,20). The van der Waals surface area contributed by atoms with E-state index in [1.54, 1.807) is 0 Å². The monoisotopic (exact) mass is 304 g/mol. The molecule has 2 fully saturated rings. The zero-order valence-electron chi connectivity index (χ0n) is 12.4. The van der Waals surface area contributed by atoms with E-state index in [1.807, 2.05) is 23.9 Å². The van der Waals surface area contributed by atoms with Crippen LogP contribution in [0.25, 0.3) is 0 Å². The van der Waals surface area contributed by atoms with Crippen LogP contribution < -0.4 is 10.6 Å². The van der Waals surface area contributed by atoms with Crippen LogP contribution in [0.4, 0.5) is 5.69 Å². The molecule has 2 aliphatic rings. The van der Waals surface area contributed by atoms with Crippen LogP contribution in [0.2, 0.25) is 0 Å². The molecule has 21 heavy (non-hydrogen) atoms. The van der Waals surface area contributed by atoms with E-state index in [4.69, 9.17) is 0 Å². The molecule has 1 aromatic rings. The molecule has 1 amide bonds. The summed E-state index contributed by atoms with van der Waals surface area (Å²) < 4.78 is 0. The minimum absolute atomic E-state index is 0.117. The number of benzene rings is 1. The minimum Gasteiger partial charge on any atom is -0.326 e. The Morgan fingerprint density at radius 2 is 1.86 bits per heavy atom. The highest BCUT2D eigenvalue weighted by Crippen LogP contribution is 2.35. The molecule has 3 nitrogen and oxygen atoms in total. The normalized spacial score (nSPS) is 23.1. The lowest BCUT2D eigenvalue weighted by Crippen LogP contribution is -2.37. The Balaban J connectivity index is 1.52. The molecule has 3 rings (SSSR count). The summed E-state index contributed by atoms with van der Waals surface area (Å²) in [6, 6.07) is 8.34. The minimum atomic E-state index is 0.117. The molecule has 1 aliphatic carbocycles. The maximum absolute atomic E-state index is 12.2. The number of nitrogens with one attached hydrogen (secondary N) is 2. The predicted molar refractivity (Wildman–Crippen MR) is 88.8 cm³/mol. The van der Waals surface area contributed by atoms with Crippen molar-refractivity contribution in [1.29, 1.82) is 0 Å². The van der Waals surface area contributed by atoms with E-state index in [0.29, 0.717) is 0 Å². The van der Waals surface area contributed by atoms with Crippen LogP contribution in [0.1, 0.15) is 38.5 Å². The van der Waals surface area contributed by atoms with Crippen molar-refractivity contribution < 1.29 is 4.79 Å². The van der Waals surface area contributed by atoms with Gasteiger partial charge in [-0.3, -0.25) is 4.79 Å². The Morgan fingerprint density at radius 1 is 1.10 bits per heavy atom. The van der Waals surface area contributed by atoms with E-state index in [0.717, 1.165) is 36.9 Å². The third-order valence-corrected chi connectivity index (χ3v) is 5.74. The van der Waals surface area contributed by atoms with E-state index in [9.17, 15) is 4.79 Å². The molecule has 1 atom stereocenters. The molecule has 1 aromatic carbocycles. The second-order valence-corrected chi connectivity index (χ2v) is 7.45. The predicted octanol–water partition coefficient (Wildman–Crippen LogP) is 3.66. The number of anilines is 1. The summed E-state index contributed by atoms with van der Waals surface area (Å²) in [5.74, 6) is 0.268. The van der Waals surface area contributed by atoms with Gasteiger partial charge >= 0.3 is 0 Å². The molecule has 1 saturated heterocycles. The van der Waals surface area contributed by atoms with Gasteiger partial charge in [0.1, 0.15) is 0 Å². The number of carbonyl (C=O) groups is 1. The molecule has 0 radical (unpaired) electrons. The number of hydrogen-bond donors (Lipinski definition) is 2. The van der Waals surface area contributed by atoms with Crippen LogP contribution in [-0.2, 0) is 4.79 Å². The summed E-state index contributed by atoms with van der Waals surface area (Å²) in [6.07, 6.45) is 7.53. The average Bonchev–Trinajstić information content (AvgIpc) is 3.03. The first-order chi connectivity index (χ1) is 10.3. The molecule has 1 aliphatic heterocycles. The lowest BCUT2D eigenvalue weighted by molar-refractivity contribution is -0.120. The van der Waals surface area contributed by atoms with Gasteiger partial charge in [0.25, 0.3) is 0 Å². The van der Waals surface area contributed by atoms with Crippen molar-refractivity contribution in [3.05, 3.63) is 24.3 Å². The molecule has 0 spiro atoms. The highest BCUT2D eigenvalue weighted by Gasteiger charge is 2.21. The van der Waals surface area contributed by atoms with Crippen LogP contribution in [0.3, 0.4) is 0 Å². The first-order valence-electron chi connectivity index (χ1n) is 8.09. The Bertz CT molecular complexity index is 462. The molecular weight excluding hydrogens is 280 g/mol. The molecule has 1 saturated carbocycles. The lowest BCUT2D eigenvalue weighted by atomic mass is 9.99. The summed E-state index contributed by atoms with van der Waals surface area (Å²) in [5, 5.41) is 7.12. The van der Waals surface area contributed by atoms with E-state index in [2.05, 4.69) is 22.8 Å². The summed E-state index contributed by atoms with van der Waals surface area (Å²) in [5.41, 5.74) is 0.918. The molecule has 0 aromatic heterocycles. The highest BCUT2D eigenvalue weighted by molar-refractivity contribution is 8.00. The maximum Gasteiger partial charge on any atom is 0.228 e. The largest absolute Gasteiger partial charge is 0.326 e. The Morgan fingerprint density at radius 3 is 2.52 bits per heavy atom. The Hall–Kier alpha value is -1.00. The second-order valence-electron chi connectivity index (χ2n) is 6.08. The average molecular weight is 304 g/mol.